The molecule has 0 aliphatic heterocycles. The van der Waals surface area contributed by atoms with Crippen LogP contribution in [0.25, 0.3) is 0 Å². The van der Waals surface area contributed by atoms with E-state index < -0.39 is 17.5 Å². The molecule has 0 unspecified atom stereocenters. The summed E-state index contributed by atoms with van der Waals surface area (Å²) >= 11 is 0. The zero-order chi connectivity index (χ0) is 22.0. The van der Waals surface area contributed by atoms with Gasteiger partial charge >= 0.3 is 0 Å². The van der Waals surface area contributed by atoms with E-state index in [1.807, 2.05) is 0 Å². The molecular weight excluding hydrogens is 398 g/mol. The van der Waals surface area contributed by atoms with Crippen LogP contribution in [0.1, 0.15) is 26.7 Å². The first-order valence-corrected chi connectivity index (χ1v) is 8.85. The number of carbonyl (C=O) groups is 2. The lowest BCUT2D eigenvalue weighted by Gasteiger charge is -2.10. The molecule has 0 aliphatic rings. The number of nitrogens with one attached hydrogen (secondary N) is 1. The van der Waals surface area contributed by atoms with Gasteiger partial charge < -0.3 is 15.0 Å². The minimum atomic E-state index is -0.842. The third-order valence-electron chi connectivity index (χ3n) is 4.30. The largest absolute Gasteiger partial charge is 0.468 e. The van der Waals surface area contributed by atoms with Crippen molar-refractivity contribution in [1.29, 1.82) is 0 Å². The summed E-state index contributed by atoms with van der Waals surface area (Å²) in [7, 11) is 4.84. The molecule has 0 aliphatic carbocycles. The molecule has 0 radical (unpaired) electrons. The molecule has 1 aromatic carbocycles. The van der Waals surface area contributed by atoms with Gasteiger partial charge in [0.1, 0.15) is 5.82 Å². The number of rotatable bonds is 6. The number of carbonyl (C=O) groups excluding carboxylic acids is 2. The molecule has 2 amide bonds. The van der Waals surface area contributed by atoms with Crippen LogP contribution < -0.4 is 10.1 Å². The Morgan fingerprint density at radius 2 is 1.93 bits per heavy atom. The predicted molar refractivity (Wildman–Crippen MR) is 103 cm³/mol. The van der Waals surface area contributed by atoms with Crippen LogP contribution in [0.5, 0.6) is 5.75 Å². The third kappa shape index (κ3) is 4.29. The van der Waals surface area contributed by atoms with Crippen molar-refractivity contribution < 1.29 is 23.1 Å². The maximum absolute atomic E-state index is 13.6. The molecule has 3 rings (SSSR count). The first-order chi connectivity index (χ1) is 14.2. The average Bonchev–Trinajstić information content (AvgIpc) is 3.27. The van der Waals surface area contributed by atoms with Crippen molar-refractivity contribution in [1.82, 2.24) is 24.5 Å². The Bertz CT molecular complexity index is 1110. The van der Waals surface area contributed by atoms with Gasteiger partial charge in [0, 0.05) is 33.4 Å². The zero-order valence-electron chi connectivity index (χ0n) is 16.8. The standard InChI is InChI=1S/C19H20F2N6O3/c1-11-16(17(24-26(11)4)19(29)25(2)3)22-18(28)14-7-8-27(23-14)10-30-15-6-5-12(20)9-13(15)21/h5-9H,10H2,1-4H3,(H,22,28). The van der Waals surface area contributed by atoms with Crippen molar-refractivity contribution >= 4 is 17.5 Å². The summed E-state index contributed by atoms with van der Waals surface area (Å²) in [6.45, 7) is 1.53. The molecule has 11 heteroatoms. The number of amides is 2. The van der Waals surface area contributed by atoms with E-state index in [1.54, 1.807) is 28.1 Å². The number of aryl methyl sites for hydroxylation is 1. The van der Waals surface area contributed by atoms with Crippen LogP contribution in [-0.4, -0.2) is 50.4 Å². The number of ether oxygens (including phenoxy) is 1. The maximum Gasteiger partial charge on any atom is 0.276 e. The van der Waals surface area contributed by atoms with Gasteiger partial charge in [-0.25, -0.2) is 13.5 Å². The van der Waals surface area contributed by atoms with E-state index in [0.717, 1.165) is 12.1 Å². The number of aromatic nitrogens is 4. The van der Waals surface area contributed by atoms with Crippen molar-refractivity contribution in [3.05, 3.63) is 59.2 Å². The van der Waals surface area contributed by atoms with Crippen LogP contribution >= 0.6 is 0 Å². The summed E-state index contributed by atoms with van der Waals surface area (Å²) in [6, 6.07) is 4.39. The lowest BCUT2D eigenvalue weighted by molar-refractivity contribution is 0.0822. The molecule has 0 spiro atoms. The molecule has 2 aromatic heterocycles. The van der Waals surface area contributed by atoms with E-state index in [2.05, 4.69) is 15.5 Å². The van der Waals surface area contributed by atoms with Gasteiger partial charge in [-0.05, 0) is 25.1 Å². The Hall–Kier alpha value is -3.76. The molecule has 0 fully saturated rings. The third-order valence-corrected chi connectivity index (χ3v) is 4.30. The number of nitrogens with zero attached hydrogens (tertiary/aromatic N) is 5. The highest BCUT2D eigenvalue weighted by molar-refractivity contribution is 6.07. The van der Waals surface area contributed by atoms with Gasteiger partial charge in [0.25, 0.3) is 11.8 Å². The minimum absolute atomic E-state index is 0.0599. The smallest absolute Gasteiger partial charge is 0.276 e. The summed E-state index contributed by atoms with van der Waals surface area (Å²) in [4.78, 5) is 26.3. The molecule has 9 nitrogen and oxygen atoms in total. The summed E-state index contributed by atoms with van der Waals surface area (Å²) in [5, 5.41) is 10.9. The number of benzene rings is 1. The zero-order valence-corrected chi connectivity index (χ0v) is 16.8. The minimum Gasteiger partial charge on any atom is -0.468 e. The molecule has 0 bridgehead atoms. The van der Waals surface area contributed by atoms with Gasteiger partial charge in [-0.15, -0.1) is 0 Å². The molecule has 158 valence electrons. The van der Waals surface area contributed by atoms with E-state index in [0.29, 0.717) is 17.4 Å². The Balaban J connectivity index is 1.72. The Morgan fingerprint density at radius 3 is 2.60 bits per heavy atom. The molecule has 0 saturated carbocycles. The van der Waals surface area contributed by atoms with E-state index in [4.69, 9.17) is 4.74 Å². The fourth-order valence-corrected chi connectivity index (χ4v) is 2.58. The van der Waals surface area contributed by atoms with Crippen molar-refractivity contribution in [2.45, 2.75) is 13.7 Å². The molecular formula is C19H20F2N6O3. The van der Waals surface area contributed by atoms with Gasteiger partial charge in [0.2, 0.25) is 0 Å². The molecule has 30 heavy (non-hydrogen) atoms. The monoisotopic (exact) mass is 418 g/mol. The molecule has 0 saturated heterocycles. The van der Waals surface area contributed by atoms with Crippen LogP contribution in [0.4, 0.5) is 14.5 Å². The Labute approximate surface area is 170 Å². The van der Waals surface area contributed by atoms with Crippen molar-refractivity contribution in [3.63, 3.8) is 0 Å². The molecule has 3 aromatic rings. The number of halogens is 2. The lowest BCUT2D eigenvalue weighted by Crippen LogP contribution is -2.24. The van der Waals surface area contributed by atoms with E-state index in [9.17, 15) is 18.4 Å². The first-order valence-electron chi connectivity index (χ1n) is 8.85. The number of hydrogen-bond donors (Lipinski definition) is 1. The number of hydrogen-bond acceptors (Lipinski definition) is 5. The Morgan fingerprint density at radius 1 is 1.20 bits per heavy atom. The second-order valence-electron chi connectivity index (χ2n) is 6.67. The normalized spacial score (nSPS) is 10.7. The highest BCUT2D eigenvalue weighted by Crippen LogP contribution is 2.22. The van der Waals surface area contributed by atoms with Gasteiger partial charge in [-0.1, -0.05) is 0 Å². The Kier molecular flexibility index (Phi) is 5.81. The summed E-state index contributed by atoms with van der Waals surface area (Å²) in [5.41, 5.74) is 1.07. The fraction of sp³-hybridized carbons (Fsp3) is 0.263. The van der Waals surface area contributed by atoms with Gasteiger partial charge in [-0.3, -0.25) is 14.3 Å². The SMILES string of the molecule is Cc1c(NC(=O)c2ccn(COc3ccc(F)cc3F)n2)c(C(=O)N(C)C)nn1C. The van der Waals surface area contributed by atoms with E-state index in [1.165, 1.54) is 26.5 Å². The van der Waals surface area contributed by atoms with E-state index >= 15 is 0 Å². The summed E-state index contributed by atoms with van der Waals surface area (Å²) in [5.74, 6) is -2.60. The molecule has 0 atom stereocenters. The van der Waals surface area contributed by atoms with Gasteiger partial charge in [0.05, 0.1) is 11.4 Å². The quantitative estimate of drug-likeness (QED) is 0.662. The highest BCUT2D eigenvalue weighted by Gasteiger charge is 2.23. The van der Waals surface area contributed by atoms with Crippen LogP contribution in [0.15, 0.2) is 30.5 Å². The van der Waals surface area contributed by atoms with Crippen molar-refractivity contribution in [2.24, 2.45) is 7.05 Å². The predicted octanol–water partition coefficient (Wildman–Crippen LogP) is 2.19. The molecule has 1 N–H and O–H groups in total. The maximum atomic E-state index is 13.6. The lowest BCUT2D eigenvalue weighted by atomic mass is 10.2. The first kappa shape index (κ1) is 21.0. The van der Waals surface area contributed by atoms with Crippen LogP contribution in [0, 0.1) is 18.6 Å². The van der Waals surface area contributed by atoms with Gasteiger partial charge in [0.15, 0.2) is 29.7 Å². The highest BCUT2D eigenvalue weighted by atomic mass is 19.1. The second-order valence-corrected chi connectivity index (χ2v) is 6.67. The second kappa shape index (κ2) is 8.31. The molecule has 2 heterocycles. The summed E-state index contributed by atoms with van der Waals surface area (Å²) in [6.07, 6.45) is 1.47. The van der Waals surface area contributed by atoms with Crippen molar-refractivity contribution in [2.75, 3.05) is 19.4 Å². The van der Waals surface area contributed by atoms with Crippen LogP contribution in [-0.2, 0) is 13.8 Å². The number of anilines is 1. The van der Waals surface area contributed by atoms with E-state index in [-0.39, 0.29) is 29.8 Å². The van der Waals surface area contributed by atoms with Crippen molar-refractivity contribution in [3.8, 4) is 5.75 Å². The fourth-order valence-electron chi connectivity index (χ4n) is 2.58. The van der Waals surface area contributed by atoms with Crippen LogP contribution in [0.3, 0.4) is 0 Å². The topological polar surface area (TPSA) is 94.3 Å². The van der Waals surface area contributed by atoms with Crippen LogP contribution in [0.2, 0.25) is 0 Å². The van der Waals surface area contributed by atoms with Gasteiger partial charge in [-0.2, -0.15) is 10.2 Å². The summed E-state index contributed by atoms with van der Waals surface area (Å²) < 4.78 is 34.6. The average molecular weight is 418 g/mol.